The minimum absolute atomic E-state index is 0.0270. The molecule has 0 aromatic carbocycles. The first-order valence-electron chi connectivity index (χ1n) is 9.14. The van der Waals surface area contributed by atoms with Gasteiger partial charge in [0.05, 0.1) is 0 Å². The van der Waals surface area contributed by atoms with Gasteiger partial charge in [0.25, 0.3) is 0 Å². The zero-order chi connectivity index (χ0) is 20.1. The van der Waals surface area contributed by atoms with Crippen molar-refractivity contribution in [3.05, 3.63) is 22.1 Å². The number of carbonyl (C=O) groups is 1. The van der Waals surface area contributed by atoms with Gasteiger partial charge in [-0.1, -0.05) is 6.42 Å². The first-order valence-corrected chi connectivity index (χ1v) is 10.8. The molecule has 1 fully saturated rings. The van der Waals surface area contributed by atoms with E-state index in [1.807, 2.05) is 5.38 Å². The third-order valence-corrected chi connectivity index (χ3v) is 6.51. The fraction of sp³-hybridized carbons (Fsp3) is 0.556. The molecule has 1 saturated carbocycles. The molecule has 152 valence electrons. The molecule has 0 atom stereocenters. The standard InChI is InChI=1S/C18H21F3N4OS2/c1-22-25-13(18(19,20)21)6-4-2-3-5-12(26)14-15(11-7-8-11)28-17(24-14)16-23-9-10-27-16/h9-11,22H,2-8H2,1H3/b25-13-. The number of nitrogens with zero attached hydrogens (tertiary/aromatic N) is 3. The van der Waals surface area contributed by atoms with E-state index < -0.39 is 11.9 Å². The Hall–Kier alpha value is -1.81. The van der Waals surface area contributed by atoms with Crippen LogP contribution in [-0.4, -0.2) is 34.7 Å². The van der Waals surface area contributed by atoms with Crippen molar-refractivity contribution >= 4 is 34.2 Å². The third-order valence-electron chi connectivity index (χ3n) is 4.37. The van der Waals surface area contributed by atoms with Crippen LogP contribution in [0.1, 0.15) is 66.2 Å². The lowest BCUT2D eigenvalue weighted by Gasteiger charge is -2.09. The Morgan fingerprint density at radius 3 is 2.61 bits per heavy atom. The summed E-state index contributed by atoms with van der Waals surface area (Å²) in [6.45, 7) is 0. The fourth-order valence-corrected chi connectivity index (χ4v) is 4.78. The number of Topliss-reactive ketones (excluding diaryl/α,β-unsaturated/α-hetero) is 1. The summed E-state index contributed by atoms with van der Waals surface area (Å²) in [6, 6.07) is 0. The number of hydrogen-bond acceptors (Lipinski definition) is 7. The van der Waals surface area contributed by atoms with Crippen LogP contribution in [0.15, 0.2) is 16.7 Å². The second kappa shape index (κ2) is 9.13. The second-order valence-electron chi connectivity index (χ2n) is 6.61. The Balaban J connectivity index is 1.53. The number of ketones is 1. The average Bonchev–Trinajstić information content (AvgIpc) is 3.17. The Morgan fingerprint density at radius 2 is 2.00 bits per heavy atom. The van der Waals surface area contributed by atoms with Crippen LogP contribution in [0.2, 0.25) is 0 Å². The molecule has 1 aliphatic rings. The largest absolute Gasteiger partial charge is 0.431 e. The maximum Gasteiger partial charge on any atom is 0.431 e. The molecule has 28 heavy (non-hydrogen) atoms. The second-order valence-corrected chi connectivity index (χ2v) is 8.53. The summed E-state index contributed by atoms with van der Waals surface area (Å²) in [5, 5.41) is 6.77. The van der Waals surface area contributed by atoms with E-state index in [0.717, 1.165) is 27.7 Å². The van der Waals surface area contributed by atoms with Crippen molar-refractivity contribution in [2.45, 2.75) is 57.0 Å². The maximum atomic E-state index is 12.8. The molecule has 0 unspecified atom stereocenters. The molecule has 0 spiro atoms. The molecule has 0 aliphatic heterocycles. The van der Waals surface area contributed by atoms with Crippen LogP contribution >= 0.6 is 22.7 Å². The summed E-state index contributed by atoms with van der Waals surface area (Å²) in [5.74, 6) is 0.387. The quantitative estimate of drug-likeness (QED) is 0.237. The van der Waals surface area contributed by atoms with Crippen LogP contribution in [0.3, 0.4) is 0 Å². The van der Waals surface area contributed by atoms with Crippen LogP contribution in [0.4, 0.5) is 13.2 Å². The van der Waals surface area contributed by atoms with Gasteiger partial charge in [0, 0.05) is 29.9 Å². The van der Waals surface area contributed by atoms with E-state index in [2.05, 4.69) is 20.5 Å². The predicted octanol–water partition coefficient (Wildman–Crippen LogP) is 5.41. The van der Waals surface area contributed by atoms with Gasteiger partial charge in [0.15, 0.2) is 15.8 Å². The molecule has 3 rings (SSSR count). The number of nitrogens with one attached hydrogen (secondary N) is 1. The molecule has 5 nitrogen and oxygen atoms in total. The van der Waals surface area contributed by atoms with Gasteiger partial charge in [0.2, 0.25) is 0 Å². The molecule has 1 N–H and O–H groups in total. The topological polar surface area (TPSA) is 67.2 Å². The van der Waals surface area contributed by atoms with E-state index in [9.17, 15) is 18.0 Å². The van der Waals surface area contributed by atoms with Crippen molar-refractivity contribution in [3.63, 3.8) is 0 Å². The molecule has 2 heterocycles. The van der Waals surface area contributed by atoms with E-state index in [-0.39, 0.29) is 12.2 Å². The van der Waals surface area contributed by atoms with Crippen LogP contribution in [0.5, 0.6) is 0 Å². The lowest BCUT2D eigenvalue weighted by molar-refractivity contribution is -0.0610. The highest BCUT2D eigenvalue weighted by Gasteiger charge is 2.35. The summed E-state index contributed by atoms with van der Waals surface area (Å²) < 4.78 is 38.3. The zero-order valence-corrected chi connectivity index (χ0v) is 17.0. The highest BCUT2D eigenvalue weighted by Crippen LogP contribution is 2.46. The van der Waals surface area contributed by atoms with E-state index in [0.29, 0.717) is 37.3 Å². The lowest BCUT2D eigenvalue weighted by Crippen LogP contribution is -2.25. The normalized spacial score (nSPS) is 15.1. The summed E-state index contributed by atoms with van der Waals surface area (Å²) in [5.41, 5.74) is 1.91. The van der Waals surface area contributed by atoms with Gasteiger partial charge < -0.3 is 5.43 Å². The Morgan fingerprint density at radius 1 is 1.25 bits per heavy atom. The Bertz CT molecular complexity index is 826. The number of halogens is 3. The van der Waals surface area contributed by atoms with Crippen LogP contribution < -0.4 is 5.43 Å². The van der Waals surface area contributed by atoms with Crippen LogP contribution in [0, 0.1) is 0 Å². The number of thiazole rings is 2. The van der Waals surface area contributed by atoms with Gasteiger partial charge in [0.1, 0.15) is 11.4 Å². The number of carbonyl (C=O) groups excluding carboxylic acids is 1. The van der Waals surface area contributed by atoms with Gasteiger partial charge >= 0.3 is 6.18 Å². The Labute approximate surface area is 169 Å². The molecule has 0 amide bonds. The van der Waals surface area contributed by atoms with Gasteiger partial charge in [-0.3, -0.25) is 4.79 Å². The fourth-order valence-electron chi connectivity index (χ4n) is 2.84. The smallest absolute Gasteiger partial charge is 0.313 e. The number of unbranched alkanes of at least 4 members (excludes halogenated alkanes) is 2. The molecule has 0 radical (unpaired) electrons. The number of aromatic nitrogens is 2. The number of rotatable bonds is 10. The summed E-state index contributed by atoms with van der Waals surface area (Å²) in [4.78, 5) is 22.5. The van der Waals surface area contributed by atoms with Gasteiger partial charge in [-0.2, -0.15) is 18.3 Å². The number of hydrazone groups is 1. The van der Waals surface area contributed by atoms with E-state index in [4.69, 9.17) is 0 Å². The molecule has 0 saturated heterocycles. The van der Waals surface area contributed by atoms with Crippen LogP contribution in [0.25, 0.3) is 10.0 Å². The first kappa shape index (κ1) is 20.9. The van der Waals surface area contributed by atoms with Crippen molar-refractivity contribution in [3.8, 4) is 10.0 Å². The van der Waals surface area contributed by atoms with Crippen LogP contribution in [-0.2, 0) is 0 Å². The molecular weight excluding hydrogens is 409 g/mol. The minimum Gasteiger partial charge on any atom is -0.313 e. The zero-order valence-electron chi connectivity index (χ0n) is 15.4. The SMILES string of the molecule is CN/N=C(/CCCCCC(=O)c1nc(-c2nccs2)sc1C1CC1)C(F)(F)F. The van der Waals surface area contributed by atoms with Gasteiger partial charge in [-0.25, -0.2) is 9.97 Å². The average molecular weight is 431 g/mol. The lowest BCUT2D eigenvalue weighted by atomic mass is 10.1. The van der Waals surface area contributed by atoms with Gasteiger partial charge in [-0.15, -0.1) is 22.7 Å². The summed E-state index contributed by atoms with van der Waals surface area (Å²) in [7, 11) is 1.34. The van der Waals surface area contributed by atoms with Crippen molar-refractivity contribution < 1.29 is 18.0 Å². The molecule has 1 aliphatic carbocycles. The van der Waals surface area contributed by atoms with E-state index in [1.54, 1.807) is 17.5 Å². The monoisotopic (exact) mass is 430 g/mol. The van der Waals surface area contributed by atoms with Crippen molar-refractivity contribution in [1.82, 2.24) is 15.4 Å². The highest BCUT2D eigenvalue weighted by atomic mass is 32.1. The molecule has 0 bridgehead atoms. The molecule has 2 aromatic heterocycles. The van der Waals surface area contributed by atoms with Crippen molar-refractivity contribution in [1.29, 1.82) is 0 Å². The van der Waals surface area contributed by atoms with Crippen molar-refractivity contribution in [2.75, 3.05) is 7.05 Å². The predicted molar refractivity (Wildman–Crippen MR) is 105 cm³/mol. The molecule has 10 heteroatoms. The first-order chi connectivity index (χ1) is 13.4. The summed E-state index contributed by atoms with van der Waals surface area (Å²) >= 11 is 3.03. The summed E-state index contributed by atoms with van der Waals surface area (Å²) in [6.07, 6.45) is 0.990. The third kappa shape index (κ3) is 5.38. The van der Waals surface area contributed by atoms with E-state index in [1.165, 1.54) is 18.4 Å². The van der Waals surface area contributed by atoms with Crippen molar-refractivity contribution in [2.24, 2.45) is 5.10 Å². The van der Waals surface area contributed by atoms with E-state index >= 15 is 0 Å². The number of hydrogen-bond donors (Lipinski definition) is 1. The molecule has 2 aromatic rings. The number of alkyl halides is 3. The highest BCUT2D eigenvalue weighted by molar-refractivity contribution is 7.20. The maximum absolute atomic E-state index is 12.8. The minimum atomic E-state index is -4.43. The molecular formula is C18H21F3N4OS2. The Kier molecular flexibility index (Phi) is 6.82. The van der Waals surface area contributed by atoms with Gasteiger partial charge in [-0.05, 0) is 38.0 Å².